The summed E-state index contributed by atoms with van der Waals surface area (Å²) in [6, 6.07) is 0. The van der Waals surface area contributed by atoms with Crippen molar-refractivity contribution in [3.63, 3.8) is 0 Å². The molecule has 6 unspecified atom stereocenters. The Balaban J connectivity index is 6.64. The van der Waals surface area contributed by atoms with E-state index >= 15 is 0 Å². The van der Waals surface area contributed by atoms with Gasteiger partial charge in [-0.3, -0.25) is 0 Å². The first kappa shape index (κ1) is 45.6. The molecule has 0 saturated carbocycles. The van der Waals surface area contributed by atoms with Crippen molar-refractivity contribution in [2.24, 2.45) is 10.8 Å². The van der Waals surface area contributed by atoms with Gasteiger partial charge in [-0.05, 0) is 0 Å². The first-order chi connectivity index (χ1) is 21.7. The number of carbonyl (C=O) groups excluding carboxylic acids is 6. The topological polar surface area (TPSA) is 288 Å². The van der Waals surface area contributed by atoms with Crippen LogP contribution in [0.3, 0.4) is 0 Å². The summed E-state index contributed by atoms with van der Waals surface area (Å²) in [5.41, 5.74) is -15.7. The Morgan fingerprint density at radius 3 is 0.638 bits per heavy atom. The maximum atomic E-state index is 12.0. The summed E-state index contributed by atoms with van der Waals surface area (Å²) in [5.74, 6) is -8.00. The average Bonchev–Trinajstić information content (AvgIpc) is 3.00. The van der Waals surface area contributed by atoms with Crippen molar-refractivity contribution in [2.45, 2.75) is 32.6 Å². The normalized spacial score (nSPS) is 17.6. The van der Waals surface area contributed by atoms with Gasteiger partial charge in [0.05, 0.1) is 24.0 Å². The van der Waals surface area contributed by atoms with E-state index in [9.17, 15) is 59.4 Å². The smallest absolute Gasteiger partial charge is 0.345 e. The molecule has 0 fully saturated rings. The lowest BCUT2D eigenvalue weighted by atomic mass is 9.90. The van der Waals surface area contributed by atoms with Gasteiger partial charge in [0, 0.05) is 0 Å². The van der Waals surface area contributed by atoms with Crippen molar-refractivity contribution in [3.8, 4) is 0 Å². The fourth-order valence-corrected chi connectivity index (χ4v) is 3.22. The SMILES string of the molecule is O=C(OCC(COCC(COC(=O)C(O)S)(COC(=O)C(O)S)COC(=O)C(O)S)(COC(=O)C(O)S)COC(=O)C(O)S)C(O)S. The molecule has 0 spiro atoms. The second-order valence-electron chi connectivity index (χ2n) is 9.38. The Hall–Kier alpha value is -1.36. The van der Waals surface area contributed by atoms with E-state index in [1.807, 2.05) is 0 Å². The van der Waals surface area contributed by atoms with Crippen LogP contribution in [0.2, 0.25) is 0 Å². The molecular formula is C22H34O19S6. The second-order valence-corrected chi connectivity index (χ2v) is 12.3. The number of thiol groups is 6. The lowest BCUT2D eigenvalue weighted by Gasteiger charge is -2.36. The number of hydrogen-bond acceptors (Lipinski definition) is 25. The summed E-state index contributed by atoms with van der Waals surface area (Å²) in [4.78, 5) is 72.0. The molecule has 0 bridgehead atoms. The zero-order chi connectivity index (χ0) is 36.5. The number of ether oxygens (including phenoxy) is 7. The van der Waals surface area contributed by atoms with E-state index in [2.05, 4.69) is 75.8 Å². The molecule has 0 amide bonds. The maximum Gasteiger partial charge on any atom is 0.345 e. The van der Waals surface area contributed by atoms with Gasteiger partial charge in [0.15, 0.2) is 32.6 Å². The minimum atomic E-state index is -1.96. The molecule has 0 aromatic carbocycles. The van der Waals surface area contributed by atoms with Gasteiger partial charge in [0.25, 0.3) is 0 Å². The van der Waals surface area contributed by atoms with Gasteiger partial charge in [0.1, 0.15) is 39.6 Å². The molecule has 0 rings (SSSR count). The minimum absolute atomic E-state index is 0.800. The predicted molar refractivity (Wildman–Crippen MR) is 171 cm³/mol. The number of hydrogen-bond donors (Lipinski definition) is 12. The maximum absolute atomic E-state index is 12.0. The van der Waals surface area contributed by atoms with E-state index in [1.54, 1.807) is 0 Å². The quantitative estimate of drug-likeness (QED) is 0.0214. The van der Waals surface area contributed by atoms with Crippen LogP contribution < -0.4 is 0 Å². The Bertz CT molecular complexity index is 854. The van der Waals surface area contributed by atoms with E-state index in [1.165, 1.54) is 0 Å². The Kier molecular flexibility index (Phi) is 21.7. The Morgan fingerprint density at radius 2 is 0.511 bits per heavy atom. The van der Waals surface area contributed by atoms with E-state index in [0.29, 0.717) is 0 Å². The fourth-order valence-electron chi connectivity index (χ4n) is 2.78. The molecule has 0 saturated heterocycles. The molecule has 47 heavy (non-hydrogen) atoms. The van der Waals surface area contributed by atoms with Gasteiger partial charge < -0.3 is 63.8 Å². The van der Waals surface area contributed by atoms with Crippen LogP contribution in [0.5, 0.6) is 0 Å². The zero-order valence-corrected chi connectivity index (χ0v) is 29.2. The molecule has 272 valence electrons. The third kappa shape index (κ3) is 18.3. The number of rotatable bonds is 22. The molecule has 0 aliphatic carbocycles. The predicted octanol–water partition coefficient (Wildman–Crippen LogP) is -4.28. The van der Waals surface area contributed by atoms with Gasteiger partial charge in [-0.15, -0.1) is 75.8 Å². The molecule has 0 heterocycles. The first-order valence-corrected chi connectivity index (χ1v) is 15.5. The fraction of sp³-hybridized carbons (Fsp3) is 0.727. The summed E-state index contributed by atoms with van der Waals surface area (Å²) in [6.07, 6.45) is 0. The Morgan fingerprint density at radius 1 is 0.362 bits per heavy atom. The minimum Gasteiger partial charge on any atom is -0.462 e. The van der Waals surface area contributed by atoms with Gasteiger partial charge in [-0.1, -0.05) is 0 Å². The summed E-state index contributed by atoms with van der Waals surface area (Å²) >= 11 is 21.1. The standard InChI is InChI=1S/C22H34O19S6/c23-9(15(29)42)36-3-21(4-37-10(24)16(30)43,5-38-11(25)17(31)44)1-35-2-22(6-39-12(26)18(32)45,7-40-13(27)19(33)46)8-41-14(28)20(34)47/h15-20,29-34,42-47H,1-8H2. The summed E-state index contributed by atoms with van der Waals surface area (Å²) in [5, 5.41) is 56.5. The van der Waals surface area contributed by atoms with Crippen LogP contribution in [-0.4, -0.2) is 152 Å². The molecule has 0 aliphatic rings. The monoisotopic (exact) mass is 794 g/mol. The van der Waals surface area contributed by atoms with E-state index in [4.69, 9.17) is 33.2 Å². The summed E-state index contributed by atoms with van der Waals surface area (Å²) in [7, 11) is 0. The van der Waals surface area contributed by atoms with Crippen molar-refractivity contribution < 1.29 is 92.6 Å². The third-order valence-corrected chi connectivity index (χ3v) is 6.47. The average molecular weight is 795 g/mol. The molecule has 0 aromatic rings. The highest BCUT2D eigenvalue weighted by Crippen LogP contribution is 2.27. The summed E-state index contributed by atoms with van der Waals surface area (Å²) in [6.45, 7) is -6.90. The molecule has 6 atom stereocenters. The van der Waals surface area contributed by atoms with Crippen LogP contribution in [0.25, 0.3) is 0 Å². The third-order valence-electron chi connectivity index (χ3n) is 5.21. The number of carbonyl (C=O) groups is 6. The van der Waals surface area contributed by atoms with Crippen molar-refractivity contribution >= 4 is 112 Å². The number of aliphatic hydroxyl groups is 6. The first-order valence-electron chi connectivity index (χ1n) is 12.4. The lowest BCUT2D eigenvalue weighted by molar-refractivity contribution is -0.180. The van der Waals surface area contributed by atoms with Crippen LogP contribution in [-0.2, 0) is 61.9 Å². The van der Waals surface area contributed by atoms with Gasteiger partial charge in [-0.2, -0.15) is 0 Å². The molecule has 25 heteroatoms. The van der Waals surface area contributed by atoms with Crippen molar-refractivity contribution in [1.82, 2.24) is 0 Å². The highest BCUT2D eigenvalue weighted by atomic mass is 32.1. The van der Waals surface area contributed by atoms with E-state index < -0.39 is 132 Å². The van der Waals surface area contributed by atoms with Crippen LogP contribution in [0.4, 0.5) is 0 Å². The Labute approximate surface area is 299 Å². The molecule has 0 aromatic heterocycles. The van der Waals surface area contributed by atoms with Crippen molar-refractivity contribution in [3.05, 3.63) is 0 Å². The second kappa shape index (κ2) is 22.4. The molecule has 19 nitrogen and oxygen atoms in total. The van der Waals surface area contributed by atoms with Gasteiger partial charge in [-0.25, -0.2) is 28.8 Å². The molecule has 6 N–H and O–H groups in total. The van der Waals surface area contributed by atoms with Gasteiger partial charge in [0.2, 0.25) is 0 Å². The van der Waals surface area contributed by atoms with Crippen LogP contribution in [0.1, 0.15) is 0 Å². The van der Waals surface area contributed by atoms with Crippen LogP contribution in [0.15, 0.2) is 0 Å². The van der Waals surface area contributed by atoms with Gasteiger partial charge >= 0.3 is 35.8 Å². The largest absolute Gasteiger partial charge is 0.462 e. The summed E-state index contributed by atoms with van der Waals surface area (Å²) < 4.78 is 35.4. The van der Waals surface area contributed by atoms with Crippen LogP contribution >= 0.6 is 75.8 Å². The van der Waals surface area contributed by atoms with E-state index in [-0.39, 0.29) is 0 Å². The zero-order valence-electron chi connectivity index (χ0n) is 23.8. The van der Waals surface area contributed by atoms with Crippen molar-refractivity contribution in [2.75, 3.05) is 52.9 Å². The van der Waals surface area contributed by atoms with Crippen LogP contribution in [0, 0.1) is 10.8 Å². The van der Waals surface area contributed by atoms with E-state index in [0.717, 1.165) is 0 Å². The highest BCUT2D eigenvalue weighted by molar-refractivity contribution is 7.82. The number of aliphatic hydroxyl groups excluding tert-OH is 6. The molecule has 0 aliphatic heterocycles. The molecular weight excluding hydrogens is 761 g/mol. The van der Waals surface area contributed by atoms with Crippen molar-refractivity contribution in [1.29, 1.82) is 0 Å². The highest BCUT2D eigenvalue weighted by Gasteiger charge is 2.42. The number of esters is 6. The molecule has 0 radical (unpaired) electrons. The lowest BCUT2D eigenvalue weighted by Crippen LogP contribution is -2.48.